The zero-order valence-electron chi connectivity index (χ0n) is 24.9. The highest BCUT2D eigenvalue weighted by Crippen LogP contribution is 2.33. The molecule has 0 spiro atoms. The Hall–Kier alpha value is -3.76. The van der Waals surface area contributed by atoms with Gasteiger partial charge in [-0.05, 0) is 26.5 Å². The highest BCUT2D eigenvalue weighted by atomic mass is 19.3. The first-order chi connectivity index (χ1) is 20.6. The largest absolute Gasteiger partial charge is 0.477 e. The van der Waals surface area contributed by atoms with E-state index < -0.39 is 24.4 Å². The fourth-order valence-corrected chi connectivity index (χ4v) is 5.38. The molecule has 5 heterocycles. The summed E-state index contributed by atoms with van der Waals surface area (Å²) in [5.74, 6) is -2.30. The molecular weight excluding hydrogens is 566 g/mol. The normalized spacial score (nSPS) is 23.4. The number of nitrogens with one attached hydrogen (secondary N) is 2. The monoisotopic (exact) mass is 606 g/mol. The summed E-state index contributed by atoms with van der Waals surface area (Å²) in [5, 5.41) is 4.84. The van der Waals surface area contributed by atoms with Crippen molar-refractivity contribution >= 4 is 30.0 Å². The minimum absolute atomic E-state index is 0.00608. The molecular formula is C27H40F2N10O4. The SMILES string of the molecule is CCOc1cnc(NC(=O)N(C)C2CN(c3nccc(NC=O)n3)CCC2(F)F)cn1.COC1CC2CN(C)CCN2C1. The molecule has 3 fully saturated rings. The van der Waals surface area contributed by atoms with E-state index in [1.165, 1.54) is 57.8 Å². The minimum atomic E-state index is -3.12. The number of hydrogen-bond donors (Lipinski definition) is 2. The number of piperidine rings is 1. The second-order valence-corrected chi connectivity index (χ2v) is 10.7. The maximum absolute atomic E-state index is 14.7. The van der Waals surface area contributed by atoms with Crippen molar-refractivity contribution in [1.82, 2.24) is 34.6 Å². The Kier molecular flexibility index (Phi) is 10.9. The lowest BCUT2D eigenvalue weighted by molar-refractivity contribution is -0.105. The Balaban J connectivity index is 0.000000292. The molecule has 14 nitrogen and oxygen atoms in total. The Bertz CT molecular complexity index is 1210. The van der Waals surface area contributed by atoms with Crippen molar-refractivity contribution in [1.29, 1.82) is 0 Å². The zero-order chi connectivity index (χ0) is 31.0. The van der Waals surface area contributed by atoms with Crippen LogP contribution in [0.4, 0.5) is 31.2 Å². The van der Waals surface area contributed by atoms with E-state index in [2.05, 4.69) is 47.4 Å². The van der Waals surface area contributed by atoms with Crippen LogP contribution in [0.25, 0.3) is 0 Å². The summed E-state index contributed by atoms with van der Waals surface area (Å²) >= 11 is 0. The summed E-state index contributed by atoms with van der Waals surface area (Å²) in [4.78, 5) is 46.8. The highest BCUT2D eigenvalue weighted by molar-refractivity contribution is 5.88. The van der Waals surface area contributed by atoms with Crippen molar-refractivity contribution in [2.75, 3.05) is 82.6 Å². The third kappa shape index (κ3) is 8.42. The van der Waals surface area contributed by atoms with Crippen molar-refractivity contribution in [3.05, 3.63) is 24.7 Å². The number of fused-ring (bicyclic) bond motifs is 1. The summed E-state index contributed by atoms with van der Waals surface area (Å²) in [7, 11) is 5.31. The first-order valence-corrected chi connectivity index (χ1v) is 14.2. The van der Waals surface area contributed by atoms with Gasteiger partial charge >= 0.3 is 6.03 Å². The number of halogens is 2. The van der Waals surface area contributed by atoms with Gasteiger partial charge in [0.05, 0.1) is 25.1 Å². The molecule has 2 aromatic heterocycles. The number of aromatic nitrogens is 4. The molecule has 3 saturated heterocycles. The number of carbonyl (C=O) groups excluding carboxylic acids is 2. The van der Waals surface area contributed by atoms with E-state index >= 15 is 0 Å². The number of piperazine rings is 1. The highest BCUT2D eigenvalue weighted by Gasteiger charge is 2.48. The first kappa shape index (κ1) is 32.2. The van der Waals surface area contributed by atoms with Crippen LogP contribution < -0.4 is 20.3 Å². The number of ether oxygens (including phenoxy) is 2. The third-order valence-corrected chi connectivity index (χ3v) is 7.79. The van der Waals surface area contributed by atoms with Crippen LogP contribution in [0.15, 0.2) is 24.7 Å². The van der Waals surface area contributed by atoms with Crippen LogP contribution in [0.5, 0.6) is 5.88 Å². The maximum Gasteiger partial charge on any atom is 0.323 e. The summed E-state index contributed by atoms with van der Waals surface area (Å²) in [5.41, 5.74) is 0. The molecule has 2 N–H and O–H groups in total. The van der Waals surface area contributed by atoms with E-state index in [9.17, 15) is 18.4 Å². The molecule has 0 saturated carbocycles. The average Bonchev–Trinajstić information content (AvgIpc) is 3.41. The molecule has 2 aromatic rings. The number of likely N-dealkylation sites (N-methyl/N-ethyl adjacent to an activating group) is 2. The number of hydrogen-bond acceptors (Lipinski definition) is 11. The first-order valence-electron chi connectivity index (χ1n) is 14.2. The summed E-state index contributed by atoms with van der Waals surface area (Å²) in [6.45, 7) is 6.81. The Labute approximate surface area is 249 Å². The summed E-state index contributed by atoms with van der Waals surface area (Å²) in [6, 6.07) is 0.0323. The van der Waals surface area contributed by atoms with Gasteiger partial charge in [-0.25, -0.2) is 28.5 Å². The second kappa shape index (κ2) is 14.6. The predicted molar refractivity (Wildman–Crippen MR) is 156 cm³/mol. The molecule has 5 rings (SSSR count). The van der Waals surface area contributed by atoms with Crippen molar-refractivity contribution in [2.24, 2.45) is 0 Å². The standard InChI is InChI=1S/C18H22F2N8O3.C9H18N2O/c1-3-31-15-9-22-14(8-23-15)26-17(30)27(2)12-10-28(7-5-18(12,19)20)16-21-6-4-13(25-16)24-11-29;1-10-3-4-11-7-9(12-2)5-8(11)6-10/h4,6,8-9,11-12H,3,5,7,10H2,1-2H3,(H,22,26,30)(H,21,24,25,29);8-9H,3-7H2,1-2H3. The van der Waals surface area contributed by atoms with Gasteiger partial charge in [-0.15, -0.1) is 0 Å². The lowest BCUT2D eigenvalue weighted by atomic mass is 10.00. The van der Waals surface area contributed by atoms with E-state index in [0.717, 1.165) is 17.5 Å². The number of amides is 3. The zero-order valence-corrected chi connectivity index (χ0v) is 24.9. The fraction of sp³-hybridized carbons (Fsp3) is 0.630. The minimum Gasteiger partial charge on any atom is -0.477 e. The molecule has 3 aliphatic heterocycles. The Morgan fingerprint density at radius 3 is 2.67 bits per heavy atom. The smallest absolute Gasteiger partial charge is 0.323 e. The molecule has 0 aromatic carbocycles. The quantitative estimate of drug-likeness (QED) is 0.424. The topological polar surface area (TPSA) is 141 Å². The van der Waals surface area contributed by atoms with Gasteiger partial charge in [-0.3, -0.25) is 15.0 Å². The number of anilines is 3. The molecule has 3 unspecified atom stereocenters. The Morgan fingerprint density at radius 1 is 1.16 bits per heavy atom. The van der Waals surface area contributed by atoms with Crippen LogP contribution in [0.1, 0.15) is 19.8 Å². The number of alkyl halides is 2. The molecule has 3 aliphatic rings. The molecule has 3 atom stereocenters. The van der Waals surface area contributed by atoms with Crippen molar-refractivity contribution < 1.29 is 27.8 Å². The molecule has 0 aliphatic carbocycles. The van der Waals surface area contributed by atoms with Gasteiger partial charge in [-0.2, -0.15) is 4.98 Å². The van der Waals surface area contributed by atoms with Gasteiger partial charge in [0.15, 0.2) is 5.82 Å². The van der Waals surface area contributed by atoms with E-state index in [0.29, 0.717) is 19.1 Å². The van der Waals surface area contributed by atoms with Crippen LogP contribution in [0.2, 0.25) is 0 Å². The summed E-state index contributed by atoms with van der Waals surface area (Å²) < 4.78 is 39.9. The maximum atomic E-state index is 14.7. The van der Waals surface area contributed by atoms with E-state index in [-0.39, 0.29) is 36.6 Å². The number of methoxy groups -OCH3 is 1. The molecule has 43 heavy (non-hydrogen) atoms. The molecule has 3 amide bonds. The fourth-order valence-electron chi connectivity index (χ4n) is 5.38. The van der Waals surface area contributed by atoms with Gasteiger partial charge in [0.25, 0.3) is 5.92 Å². The lowest BCUT2D eigenvalue weighted by Crippen LogP contribution is -2.60. The average molecular weight is 607 g/mol. The number of carbonyl (C=O) groups is 2. The van der Waals surface area contributed by atoms with Crippen molar-refractivity contribution in [2.45, 2.75) is 43.9 Å². The van der Waals surface area contributed by atoms with Crippen LogP contribution >= 0.6 is 0 Å². The van der Waals surface area contributed by atoms with Gasteiger partial charge in [0.1, 0.15) is 11.9 Å². The molecule has 16 heteroatoms. The number of nitrogens with zero attached hydrogens (tertiary/aromatic N) is 8. The molecule has 236 valence electrons. The molecule has 0 bridgehead atoms. The van der Waals surface area contributed by atoms with Crippen LogP contribution in [0.3, 0.4) is 0 Å². The lowest BCUT2D eigenvalue weighted by Gasteiger charge is -2.42. The van der Waals surface area contributed by atoms with Crippen molar-refractivity contribution in [3.63, 3.8) is 0 Å². The third-order valence-electron chi connectivity index (χ3n) is 7.79. The predicted octanol–water partition coefficient (Wildman–Crippen LogP) is 1.63. The number of urea groups is 1. The van der Waals surface area contributed by atoms with Gasteiger partial charge < -0.3 is 29.5 Å². The van der Waals surface area contributed by atoms with E-state index in [1.807, 2.05) is 7.11 Å². The van der Waals surface area contributed by atoms with Gasteiger partial charge in [0, 0.05) is 72.1 Å². The second-order valence-electron chi connectivity index (χ2n) is 10.7. The van der Waals surface area contributed by atoms with E-state index in [1.54, 1.807) is 11.8 Å². The molecule has 0 radical (unpaired) electrons. The summed E-state index contributed by atoms with van der Waals surface area (Å²) in [6.07, 6.45) is 5.70. The van der Waals surface area contributed by atoms with Gasteiger partial charge in [-0.1, -0.05) is 0 Å². The van der Waals surface area contributed by atoms with E-state index in [4.69, 9.17) is 9.47 Å². The van der Waals surface area contributed by atoms with Crippen molar-refractivity contribution in [3.8, 4) is 5.88 Å². The van der Waals surface area contributed by atoms with Crippen LogP contribution in [-0.4, -0.2) is 138 Å². The van der Waals surface area contributed by atoms with Crippen LogP contribution in [0, 0.1) is 0 Å². The number of rotatable bonds is 8. The van der Waals surface area contributed by atoms with Gasteiger partial charge in [0.2, 0.25) is 18.2 Å². The Morgan fingerprint density at radius 2 is 1.98 bits per heavy atom. The van der Waals surface area contributed by atoms with Crippen LogP contribution in [-0.2, 0) is 9.53 Å².